The highest BCUT2D eigenvalue weighted by Crippen LogP contribution is 2.20. The van der Waals surface area contributed by atoms with Crippen molar-refractivity contribution in [3.63, 3.8) is 0 Å². The van der Waals surface area contributed by atoms with Crippen LogP contribution in [0.25, 0.3) is 0 Å². The average Bonchev–Trinajstić information content (AvgIpc) is 2.48. The van der Waals surface area contributed by atoms with Gasteiger partial charge in [0.25, 0.3) is 0 Å². The van der Waals surface area contributed by atoms with Crippen LogP contribution in [0.1, 0.15) is 49.0 Å². The molecule has 0 amide bonds. The van der Waals surface area contributed by atoms with Gasteiger partial charge in [0.2, 0.25) is 0 Å². The number of hydrogen-bond donors (Lipinski definition) is 1. The lowest BCUT2D eigenvalue weighted by Crippen LogP contribution is -2.05. The largest absolute Gasteiger partial charge is 0.476 e. The smallest absolute Gasteiger partial charge is 0.358 e. The van der Waals surface area contributed by atoms with Gasteiger partial charge in [0.05, 0.1) is 0 Å². The minimum atomic E-state index is -1.00. The summed E-state index contributed by atoms with van der Waals surface area (Å²) in [6.07, 6.45) is 2.39. The third-order valence-electron chi connectivity index (χ3n) is 2.16. The van der Waals surface area contributed by atoms with Crippen LogP contribution < -0.4 is 0 Å². The van der Waals surface area contributed by atoms with Gasteiger partial charge in [0.15, 0.2) is 5.69 Å². The van der Waals surface area contributed by atoms with Gasteiger partial charge in [0, 0.05) is 12.0 Å². The lowest BCUT2D eigenvalue weighted by Gasteiger charge is -2.04. The molecule has 1 aromatic heterocycles. The molecule has 1 rings (SSSR count). The van der Waals surface area contributed by atoms with Crippen molar-refractivity contribution >= 4 is 5.97 Å². The van der Waals surface area contributed by atoms with Crippen LogP contribution in [0.15, 0.2) is 4.52 Å². The van der Waals surface area contributed by atoms with Crippen LogP contribution in [0.5, 0.6) is 0 Å². The summed E-state index contributed by atoms with van der Waals surface area (Å²) in [6.45, 7) is 6.13. The monoisotopic (exact) mass is 211 g/mol. The van der Waals surface area contributed by atoms with E-state index in [-0.39, 0.29) is 5.69 Å². The first kappa shape index (κ1) is 11.8. The summed E-state index contributed by atoms with van der Waals surface area (Å²) in [5, 5.41) is 12.6. The minimum Gasteiger partial charge on any atom is -0.476 e. The number of aromatic carboxylic acids is 1. The SMILES string of the molecule is CCCc1onc(C(=O)O)c1CC(C)C. The second kappa shape index (κ2) is 4.96. The number of carboxylic acid groups (broad SMARTS) is 1. The zero-order valence-corrected chi connectivity index (χ0v) is 9.41. The molecule has 0 aliphatic heterocycles. The molecule has 15 heavy (non-hydrogen) atoms. The predicted molar refractivity (Wildman–Crippen MR) is 56.0 cm³/mol. The second-order valence-corrected chi connectivity index (χ2v) is 4.09. The van der Waals surface area contributed by atoms with Crippen molar-refractivity contribution in [1.82, 2.24) is 5.16 Å². The van der Waals surface area contributed by atoms with E-state index in [1.807, 2.05) is 20.8 Å². The first-order chi connectivity index (χ1) is 7.06. The van der Waals surface area contributed by atoms with E-state index in [0.717, 1.165) is 24.2 Å². The highest BCUT2D eigenvalue weighted by atomic mass is 16.5. The fraction of sp³-hybridized carbons (Fsp3) is 0.636. The number of aromatic nitrogens is 1. The van der Waals surface area contributed by atoms with E-state index in [4.69, 9.17) is 9.63 Å². The molecule has 0 radical (unpaired) electrons. The maximum atomic E-state index is 10.9. The fourth-order valence-electron chi connectivity index (χ4n) is 1.55. The van der Waals surface area contributed by atoms with Gasteiger partial charge in [-0.15, -0.1) is 0 Å². The molecule has 0 atom stereocenters. The van der Waals surface area contributed by atoms with Gasteiger partial charge in [-0.3, -0.25) is 0 Å². The Labute approximate surface area is 89.3 Å². The van der Waals surface area contributed by atoms with Crippen molar-refractivity contribution in [2.24, 2.45) is 5.92 Å². The molecule has 0 bridgehead atoms. The quantitative estimate of drug-likeness (QED) is 0.812. The van der Waals surface area contributed by atoms with Crippen molar-refractivity contribution in [2.75, 3.05) is 0 Å². The van der Waals surface area contributed by atoms with Gasteiger partial charge in [-0.2, -0.15) is 0 Å². The number of carboxylic acids is 1. The molecular weight excluding hydrogens is 194 g/mol. The molecule has 1 heterocycles. The average molecular weight is 211 g/mol. The first-order valence-corrected chi connectivity index (χ1v) is 5.27. The number of nitrogens with zero attached hydrogens (tertiary/aromatic N) is 1. The summed E-state index contributed by atoms with van der Waals surface area (Å²) in [6, 6.07) is 0. The van der Waals surface area contributed by atoms with Gasteiger partial charge in [-0.25, -0.2) is 4.79 Å². The van der Waals surface area contributed by atoms with Crippen molar-refractivity contribution in [2.45, 2.75) is 40.0 Å². The summed E-state index contributed by atoms with van der Waals surface area (Å²) in [4.78, 5) is 10.9. The summed E-state index contributed by atoms with van der Waals surface area (Å²) >= 11 is 0. The molecule has 1 aromatic rings. The predicted octanol–water partition coefficient (Wildman–Crippen LogP) is 2.52. The number of hydrogen-bond acceptors (Lipinski definition) is 3. The van der Waals surface area contributed by atoms with E-state index < -0.39 is 5.97 Å². The Bertz CT molecular complexity index is 342. The van der Waals surface area contributed by atoms with E-state index in [9.17, 15) is 4.79 Å². The molecule has 0 aliphatic rings. The molecule has 0 saturated heterocycles. The third-order valence-corrected chi connectivity index (χ3v) is 2.16. The van der Waals surface area contributed by atoms with Gasteiger partial charge < -0.3 is 9.63 Å². The van der Waals surface area contributed by atoms with Crippen LogP contribution >= 0.6 is 0 Å². The van der Waals surface area contributed by atoms with Crippen LogP contribution in [0.2, 0.25) is 0 Å². The summed E-state index contributed by atoms with van der Waals surface area (Å²) in [5.74, 6) is 0.124. The van der Waals surface area contributed by atoms with E-state index in [1.165, 1.54) is 0 Å². The van der Waals surface area contributed by atoms with Crippen molar-refractivity contribution in [3.05, 3.63) is 17.0 Å². The van der Waals surface area contributed by atoms with Crippen LogP contribution in [0.3, 0.4) is 0 Å². The van der Waals surface area contributed by atoms with Gasteiger partial charge >= 0.3 is 5.97 Å². The highest BCUT2D eigenvalue weighted by molar-refractivity contribution is 5.87. The van der Waals surface area contributed by atoms with E-state index in [2.05, 4.69) is 5.16 Å². The Morgan fingerprint density at radius 3 is 2.67 bits per heavy atom. The molecule has 0 aliphatic carbocycles. The zero-order valence-electron chi connectivity index (χ0n) is 9.41. The van der Waals surface area contributed by atoms with Crippen molar-refractivity contribution < 1.29 is 14.4 Å². The standard InChI is InChI=1S/C11H17NO3/c1-4-5-9-8(6-7(2)3)10(11(13)14)12-15-9/h7H,4-6H2,1-3H3,(H,13,14). The molecule has 0 spiro atoms. The van der Waals surface area contributed by atoms with Crippen molar-refractivity contribution in [1.29, 1.82) is 0 Å². The molecule has 0 saturated carbocycles. The van der Waals surface area contributed by atoms with Gasteiger partial charge in [-0.1, -0.05) is 25.9 Å². The number of aryl methyl sites for hydroxylation is 1. The zero-order chi connectivity index (χ0) is 11.4. The van der Waals surface area contributed by atoms with Crippen LogP contribution in [-0.4, -0.2) is 16.2 Å². The molecule has 1 N–H and O–H groups in total. The van der Waals surface area contributed by atoms with Gasteiger partial charge in [0.1, 0.15) is 5.76 Å². The molecule has 84 valence electrons. The summed E-state index contributed by atoms with van der Waals surface area (Å²) in [7, 11) is 0. The lowest BCUT2D eigenvalue weighted by atomic mass is 9.99. The van der Waals surface area contributed by atoms with Crippen LogP contribution in [0, 0.1) is 5.92 Å². The normalized spacial score (nSPS) is 10.9. The first-order valence-electron chi connectivity index (χ1n) is 5.27. The second-order valence-electron chi connectivity index (χ2n) is 4.09. The van der Waals surface area contributed by atoms with Gasteiger partial charge in [-0.05, 0) is 18.8 Å². The lowest BCUT2D eigenvalue weighted by molar-refractivity contribution is 0.0684. The molecular formula is C11H17NO3. The highest BCUT2D eigenvalue weighted by Gasteiger charge is 2.21. The Morgan fingerprint density at radius 2 is 2.20 bits per heavy atom. The Kier molecular flexibility index (Phi) is 3.88. The maximum absolute atomic E-state index is 10.9. The molecule has 0 fully saturated rings. The third kappa shape index (κ3) is 2.81. The number of carbonyl (C=O) groups is 1. The molecule has 0 aromatic carbocycles. The van der Waals surface area contributed by atoms with Crippen LogP contribution in [0.4, 0.5) is 0 Å². The van der Waals surface area contributed by atoms with E-state index in [1.54, 1.807) is 0 Å². The Balaban J connectivity index is 3.02. The minimum absolute atomic E-state index is 0.0761. The van der Waals surface area contributed by atoms with E-state index in [0.29, 0.717) is 12.3 Å². The molecule has 0 unspecified atom stereocenters. The molecule has 4 nitrogen and oxygen atoms in total. The van der Waals surface area contributed by atoms with E-state index >= 15 is 0 Å². The maximum Gasteiger partial charge on any atom is 0.358 e. The Morgan fingerprint density at radius 1 is 1.53 bits per heavy atom. The van der Waals surface area contributed by atoms with Crippen LogP contribution in [-0.2, 0) is 12.8 Å². The Hall–Kier alpha value is -1.32. The fourth-order valence-corrected chi connectivity index (χ4v) is 1.55. The topological polar surface area (TPSA) is 63.3 Å². The number of rotatable bonds is 5. The summed E-state index contributed by atoms with van der Waals surface area (Å²) < 4.78 is 5.07. The summed E-state index contributed by atoms with van der Waals surface area (Å²) in [5.41, 5.74) is 0.839. The molecule has 4 heteroatoms. The van der Waals surface area contributed by atoms with Crippen molar-refractivity contribution in [3.8, 4) is 0 Å².